The molecule has 0 bridgehead atoms. The Morgan fingerprint density at radius 2 is 1.83 bits per heavy atom. The molecule has 0 aliphatic heterocycles. The van der Waals surface area contributed by atoms with Gasteiger partial charge in [-0.15, -0.1) is 0 Å². The second-order valence-electron chi connectivity index (χ2n) is 6.98. The van der Waals surface area contributed by atoms with Crippen LogP contribution in [0.15, 0.2) is 56.6 Å². The smallest absolute Gasteiger partial charge is 0.336 e. The number of carbonyl (C=O) groups excluding carboxylic acids is 1. The van der Waals surface area contributed by atoms with Crippen molar-refractivity contribution in [2.75, 3.05) is 0 Å². The molecule has 8 nitrogen and oxygen atoms in total. The number of sulfonamides is 1. The van der Waals surface area contributed by atoms with Gasteiger partial charge < -0.3 is 14.5 Å². The van der Waals surface area contributed by atoms with Gasteiger partial charge in [-0.1, -0.05) is 12.1 Å². The van der Waals surface area contributed by atoms with Gasteiger partial charge in [-0.05, 0) is 56.2 Å². The van der Waals surface area contributed by atoms with Crippen LogP contribution in [-0.4, -0.2) is 20.4 Å². The van der Waals surface area contributed by atoms with Crippen molar-refractivity contribution >= 4 is 26.9 Å². The standard InChI is InChI=1S/C21H22N2O6S/c1-12-10-19(24)29-20-13(2)18(9-8-17(12)20)28-14(3)21(25)23-11-15-4-6-16(7-5-15)30(22,26)27/h4-10,14H,11H2,1-3H3,(H,23,25)(H2,22,26,27)/t14-/m1/s1. The highest BCUT2D eigenvalue weighted by atomic mass is 32.2. The topological polar surface area (TPSA) is 129 Å². The zero-order valence-corrected chi connectivity index (χ0v) is 17.6. The molecule has 1 amide bonds. The van der Waals surface area contributed by atoms with Crippen molar-refractivity contribution in [3.05, 3.63) is 69.6 Å². The fourth-order valence-electron chi connectivity index (χ4n) is 3.00. The Bertz CT molecular complexity index is 1260. The molecule has 0 unspecified atom stereocenters. The molecule has 0 fully saturated rings. The highest BCUT2D eigenvalue weighted by Gasteiger charge is 2.18. The summed E-state index contributed by atoms with van der Waals surface area (Å²) in [5, 5.41) is 8.61. The third-order valence-electron chi connectivity index (χ3n) is 4.71. The Morgan fingerprint density at radius 1 is 1.17 bits per heavy atom. The van der Waals surface area contributed by atoms with Gasteiger partial charge in [0, 0.05) is 23.6 Å². The van der Waals surface area contributed by atoms with Crippen molar-refractivity contribution in [2.45, 2.75) is 38.3 Å². The molecule has 158 valence electrons. The van der Waals surface area contributed by atoms with Gasteiger partial charge in [-0.3, -0.25) is 4.79 Å². The number of nitrogens with one attached hydrogen (secondary N) is 1. The van der Waals surface area contributed by atoms with Crippen LogP contribution in [0.2, 0.25) is 0 Å². The largest absolute Gasteiger partial charge is 0.480 e. The lowest BCUT2D eigenvalue weighted by atomic mass is 10.1. The van der Waals surface area contributed by atoms with Gasteiger partial charge in [0.25, 0.3) is 5.91 Å². The van der Waals surface area contributed by atoms with E-state index < -0.39 is 21.8 Å². The summed E-state index contributed by atoms with van der Waals surface area (Å²) in [5.41, 5.74) is 2.13. The third-order valence-corrected chi connectivity index (χ3v) is 5.64. The molecule has 3 aromatic rings. The predicted molar refractivity (Wildman–Crippen MR) is 112 cm³/mol. The zero-order valence-electron chi connectivity index (χ0n) is 16.8. The minimum atomic E-state index is -3.76. The minimum absolute atomic E-state index is 0.00273. The summed E-state index contributed by atoms with van der Waals surface area (Å²) in [6.45, 7) is 5.39. The molecule has 9 heteroatoms. The van der Waals surface area contributed by atoms with E-state index in [9.17, 15) is 18.0 Å². The number of amides is 1. The molecule has 0 saturated carbocycles. The number of ether oxygens (including phenoxy) is 1. The number of benzene rings is 2. The Morgan fingerprint density at radius 3 is 2.47 bits per heavy atom. The van der Waals surface area contributed by atoms with Crippen LogP contribution < -0.4 is 20.8 Å². The first-order chi connectivity index (χ1) is 14.1. The van der Waals surface area contributed by atoms with Crippen LogP contribution in [0.5, 0.6) is 5.75 Å². The molecule has 0 saturated heterocycles. The van der Waals surface area contributed by atoms with Crippen LogP contribution in [0.1, 0.15) is 23.6 Å². The molecule has 0 spiro atoms. The molecule has 30 heavy (non-hydrogen) atoms. The average Bonchev–Trinajstić information content (AvgIpc) is 2.68. The molecule has 1 heterocycles. The van der Waals surface area contributed by atoms with E-state index in [-0.39, 0.29) is 17.3 Å². The molecule has 0 aliphatic carbocycles. The van der Waals surface area contributed by atoms with Gasteiger partial charge >= 0.3 is 5.63 Å². The van der Waals surface area contributed by atoms with Crippen molar-refractivity contribution in [1.29, 1.82) is 0 Å². The lowest BCUT2D eigenvalue weighted by molar-refractivity contribution is -0.127. The molecule has 3 N–H and O–H groups in total. The summed E-state index contributed by atoms with van der Waals surface area (Å²) in [7, 11) is -3.76. The highest BCUT2D eigenvalue weighted by Crippen LogP contribution is 2.28. The minimum Gasteiger partial charge on any atom is -0.480 e. The van der Waals surface area contributed by atoms with Crippen molar-refractivity contribution in [3.8, 4) is 5.75 Å². The molecule has 1 aromatic heterocycles. The maximum Gasteiger partial charge on any atom is 0.336 e. The summed E-state index contributed by atoms with van der Waals surface area (Å²) in [5.74, 6) is 0.0899. The molecule has 2 aromatic carbocycles. The number of primary sulfonamides is 1. The van der Waals surface area contributed by atoms with Crippen molar-refractivity contribution < 1.29 is 22.4 Å². The van der Waals surface area contributed by atoms with Crippen LogP contribution >= 0.6 is 0 Å². The number of rotatable bonds is 6. The second-order valence-corrected chi connectivity index (χ2v) is 8.54. The normalized spacial score (nSPS) is 12.5. The van der Waals surface area contributed by atoms with Crippen LogP contribution in [-0.2, 0) is 21.4 Å². The van der Waals surface area contributed by atoms with E-state index in [0.29, 0.717) is 22.5 Å². The molecule has 0 radical (unpaired) electrons. The average molecular weight is 430 g/mol. The van der Waals surface area contributed by atoms with Crippen LogP contribution in [0.25, 0.3) is 11.0 Å². The van der Waals surface area contributed by atoms with E-state index in [4.69, 9.17) is 14.3 Å². The molecular formula is C21H22N2O6S. The fourth-order valence-corrected chi connectivity index (χ4v) is 3.52. The van der Waals surface area contributed by atoms with Crippen LogP contribution in [0, 0.1) is 13.8 Å². The molecule has 1 atom stereocenters. The summed E-state index contributed by atoms with van der Waals surface area (Å²) in [6.07, 6.45) is -0.804. The highest BCUT2D eigenvalue weighted by molar-refractivity contribution is 7.89. The number of nitrogens with two attached hydrogens (primary N) is 1. The monoisotopic (exact) mass is 430 g/mol. The summed E-state index contributed by atoms with van der Waals surface area (Å²) in [6, 6.07) is 10.9. The SMILES string of the molecule is Cc1cc(=O)oc2c(C)c(O[C@H](C)C(=O)NCc3ccc(S(N)(=O)=O)cc3)ccc12. The number of fused-ring (bicyclic) bond motifs is 1. The molecular weight excluding hydrogens is 408 g/mol. The third kappa shape index (κ3) is 4.69. The molecule has 0 aliphatic rings. The van der Waals surface area contributed by atoms with Crippen molar-refractivity contribution in [3.63, 3.8) is 0 Å². The maximum absolute atomic E-state index is 12.4. The van der Waals surface area contributed by atoms with Gasteiger partial charge in [-0.2, -0.15) is 0 Å². The van der Waals surface area contributed by atoms with Crippen molar-refractivity contribution in [1.82, 2.24) is 5.32 Å². The first-order valence-corrected chi connectivity index (χ1v) is 10.7. The quantitative estimate of drug-likeness (QED) is 0.577. The Labute approximate surface area is 173 Å². The number of aryl methyl sites for hydroxylation is 2. The van der Waals surface area contributed by atoms with Crippen molar-refractivity contribution in [2.24, 2.45) is 5.14 Å². The lowest BCUT2D eigenvalue weighted by Gasteiger charge is -2.17. The first kappa shape index (κ1) is 21.5. The van der Waals surface area contributed by atoms with Crippen LogP contribution in [0.3, 0.4) is 0 Å². The van der Waals surface area contributed by atoms with E-state index >= 15 is 0 Å². The summed E-state index contributed by atoms with van der Waals surface area (Å²) in [4.78, 5) is 24.1. The fraction of sp³-hybridized carbons (Fsp3) is 0.238. The Balaban J connectivity index is 1.68. The predicted octanol–water partition coefficient (Wildman–Crippen LogP) is 2.14. The molecule has 3 rings (SSSR count). The van der Waals surface area contributed by atoms with Gasteiger partial charge in [0.1, 0.15) is 11.3 Å². The number of carbonyl (C=O) groups is 1. The summed E-state index contributed by atoms with van der Waals surface area (Å²) >= 11 is 0. The Hall–Kier alpha value is -3.17. The van der Waals surface area contributed by atoms with E-state index in [2.05, 4.69) is 5.32 Å². The maximum atomic E-state index is 12.4. The summed E-state index contributed by atoms with van der Waals surface area (Å²) < 4.78 is 33.7. The Kier molecular flexibility index (Phi) is 5.95. The number of hydrogen-bond acceptors (Lipinski definition) is 6. The second kappa shape index (κ2) is 8.29. The first-order valence-electron chi connectivity index (χ1n) is 9.16. The van der Waals surface area contributed by atoms with Gasteiger partial charge in [0.15, 0.2) is 6.10 Å². The zero-order chi connectivity index (χ0) is 22.1. The van der Waals surface area contributed by atoms with Crippen LogP contribution in [0.4, 0.5) is 0 Å². The van der Waals surface area contributed by atoms with Gasteiger partial charge in [-0.25, -0.2) is 18.4 Å². The van der Waals surface area contributed by atoms with E-state index in [1.807, 2.05) is 6.92 Å². The van der Waals surface area contributed by atoms with E-state index in [1.54, 1.807) is 38.1 Å². The lowest BCUT2D eigenvalue weighted by Crippen LogP contribution is -2.36. The van der Waals surface area contributed by atoms with E-state index in [1.165, 1.54) is 18.2 Å². The van der Waals surface area contributed by atoms with Gasteiger partial charge in [0.05, 0.1) is 4.90 Å². The van der Waals surface area contributed by atoms with Gasteiger partial charge in [0.2, 0.25) is 10.0 Å². The number of hydrogen-bond donors (Lipinski definition) is 2. The van der Waals surface area contributed by atoms with E-state index in [0.717, 1.165) is 10.9 Å².